The van der Waals surface area contributed by atoms with Crippen molar-refractivity contribution in [3.63, 3.8) is 0 Å². The molecule has 0 aliphatic carbocycles. The van der Waals surface area contributed by atoms with Gasteiger partial charge in [0, 0.05) is 43.8 Å². The molecule has 0 bridgehead atoms. The quantitative estimate of drug-likeness (QED) is 0.482. The Hall–Kier alpha value is -3.17. The Morgan fingerprint density at radius 1 is 0.969 bits per heavy atom. The van der Waals surface area contributed by atoms with Crippen LogP contribution in [-0.4, -0.2) is 44.6 Å². The fourth-order valence-corrected chi connectivity index (χ4v) is 4.60. The van der Waals surface area contributed by atoms with Gasteiger partial charge < -0.3 is 15.5 Å². The van der Waals surface area contributed by atoms with Gasteiger partial charge in [-0.15, -0.1) is 0 Å². The largest absolute Gasteiger partial charge is 0.340 e. The topological polar surface area (TPSA) is 99.2 Å². The van der Waals surface area contributed by atoms with Crippen LogP contribution in [0.4, 0.5) is 23.1 Å². The minimum atomic E-state index is -3.64. The number of sulfonamides is 1. The van der Waals surface area contributed by atoms with Crippen molar-refractivity contribution in [3.05, 3.63) is 66.4 Å². The van der Waals surface area contributed by atoms with Crippen molar-refractivity contribution >= 4 is 33.2 Å². The molecule has 4 rings (SSSR count). The van der Waals surface area contributed by atoms with E-state index in [-0.39, 0.29) is 4.90 Å². The molecule has 0 amide bonds. The predicted molar refractivity (Wildman–Crippen MR) is 128 cm³/mol. The van der Waals surface area contributed by atoms with Crippen molar-refractivity contribution in [1.82, 2.24) is 15.3 Å². The van der Waals surface area contributed by atoms with Gasteiger partial charge in [-0.3, -0.25) is 4.72 Å². The summed E-state index contributed by atoms with van der Waals surface area (Å²) in [5.41, 5.74) is 2.44. The summed E-state index contributed by atoms with van der Waals surface area (Å²) in [4.78, 5) is 11.4. The van der Waals surface area contributed by atoms with Gasteiger partial charge in [0.15, 0.2) is 0 Å². The molecule has 1 aliphatic rings. The zero-order valence-corrected chi connectivity index (χ0v) is 18.9. The minimum Gasteiger partial charge on any atom is -0.340 e. The summed E-state index contributed by atoms with van der Waals surface area (Å²) in [5.74, 6) is 1.39. The maximum absolute atomic E-state index is 12.7. The van der Waals surface area contributed by atoms with Crippen LogP contribution in [0.3, 0.4) is 0 Å². The lowest BCUT2D eigenvalue weighted by Gasteiger charge is -2.27. The first-order valence-electron chi connectivity index (χ1n) is 10.8. The molecule has 3 N–H and O–H groups in total. The van der Waals surface area contributed by atoms with Gasteiger partial charge in [-0.25, -0.2) is 13.4 Å². The predicted octanol–water partition coefficient (Wildman–Crippen LogP) is 3.38. The maximum Gasteiger partial charge on any atom is 0.261 e. The molecule has 0 radical (unpaired) electrons. The van der Waals surface area contributed by atoms with Gasteiger partial charge in [-0.2, -0.15) is 4.98 Å². The summed E-state index contributed by atoms with van der Waals surface area (Å²) in [5, 5.41) is 6.57. The number of nitrogens with one attached hydrogen (secondary N) is 3. The first-order chi connectivity index (χ1) is 15.5. The highest BCUT2D eigenvalue weighted by molar-refractivity contribution is 7.92. The number of benzene rings is 2. The zero-order chi connectivity index (χ0) is 22.4. The van der Waals surface area contributed by atoms with Crippen LogP contribution in [-0.2, 0) is 16.4 Å². The lowest BCUT2D eigenvalue weighted by molar-refractivity contribution is 0.580. The summed E-state index contributed by atoms with van der Waals surface area (Å²) in [7, 11) is -3.64. The Balaban J connectivity index is 1.41. The van der Waals surface area contributed by atoms with Crippen LogP contribution in [0.25, 0.3) is 0 Å². The molecule has 0 atom stereocenters. The lowest BCUT2D eigenvalue weighted by atomic mass is 10.1. The van der Waals surface area contributed by atoms with Gasteiger partial charge in [0.25, 0.3) is 10.0 Å². The Labute approximate surface area is 189 Å². The molecule has 1 aromatic heterocycles. The summed E-state index contributed by atoms with van der Waals surface area (Å²) < 4.78 is 28.0. The van der Waals surface area contributed by atoms with Crippen LogP contribution in [0.15, 0.2) is 65.7 Å². The van der Waals surface area contributed by atoms with Gasteiger partial charge in [0.05, 0.1) is 4.90 Å². The van der Waals surface area contributed by atoms with E-state index in [1.165, 1.54) is 0 Å². The summed E-state index contributed by atoms with van der Waals surface area (Å²) >= 11 is 0. The van der Waals surface area contributed by atoms with Gasteiger partial charge >= 0.3 is 0 Å². The molecule has 168 valence electrons. The monoisotopic (exact) mass is 452 g/mol. The normalized spacial score (nSPS) is 14.2. The molecule has 3 aromatic rings. The van der Waals surface area contributed by atoms with E-state index >= 15 is 0 Å². The van der Waals surface area contributed by atoms with Crippen LogP contribution < -0.4 is 20.3 Å². The molecule has 0 saturated carbocycles. The van der Waals surface area contributed by atoms with E-state index < -0.39 is 10.0 Å². The van der Waals surface area contributed by atoms with Crippen molar-refractivity contribution in [3.8, 4) is 0 Å². The number of nitrogens with zero attached hydrogens (tertiary/aromatic N) is 3. The Bertz CT molecular complexity index is 1130. The van der Waals surface area contributed by atoms with E-state index in [0.717, 1.165) is 50.3 Å². The average molecular weight is 453 g/mol. The standard InChI is InChI=1S/C23H28N6O2S/c1-2-3-18-4-10-21(11-5-18)32(30,31)28-20-8-6-19(7-9-20)26-22-12-13-25-23(27-22)29-16-14-24-15-17-29/h4-13,24,28H,2-3,14-17H2,1H3,(H,25,26,27). The Kier molecular flexibility index (Phi) is 6.87. The third-order valence-electron chi connectivity index (χ3n) is 5.22. The number of aromatic nitrogens is 2. The smallest absolute Gasteiger partial charge is 0.261 e. The molecule has 0 spiro atoms. The Morgan fingerprint density at radius 3 is 2.34 bits per heavy atom. The van der Waals surface area contributed by atoms with Crippen LogP contribution in [0, 0.1) is 0 Å². The van der Waals surface area contributed by atoms with Crippen LogP contribution in [0.2, 0.25) is 0 Å². The van der Waals surface area contributed by atoms with E-state index in [9.17, 15) is 8.42 Å². The number of hydrogen-bond acceptors (Lipinski definition) is 7. The van der Waals surface area contributed by atoms with Crippen molar-refractivity contribution in [2.45, 2.75) is 24.7 Å². The lowest BCUT2D eigenvalue weighted by Crippen LogP contribution is -2.44. The van der Waals surface area contributed by atoms with Gasteiger partial charge in [-0.05, 0) is 54.4 Å². The summed E-state index contributed by atoms with van der Waals surface area (Å²) in [6.45, 7) is 5.68. The van der Waals surface area contributed by atoms with E-state index in [1.807, 2.05) is 30.3 Å². The minimum absolute atomic E-state index is 0.251. The molecule has 32 heavy (non-hydrogen) atoms. The van der Waals surface area contributed by atoms with Crippen molar-refractivity contribution in [2.24, 2.45) is 0 Å². The maximum atomic E-state index is 12.7. The van der Waals surface area contributed by atoms with Crippen LogP contribution in [0.5, 0.6) is 0 Å². The highest BCUT2D eigenvalue weighted by Crippen LogP contribution is 2.22. The highest BCUT2D eigenvalue weighted by atomic mass is 32.2. The van der Waals surface area contributed by atoms with Crippen LogP contribution in [0.1, 0.15) is 18.9 Å². The second-order valence-electron chi connectivity index (χ2n) is 7.68. The molecule has 2 aromatic carbocycles. The molecule has 8 nitrogen and oxygen atoms in total. The number of rotatable bonds is 8. The molecule has 0 unspecified atom stereocenters. The molecule has 1 fully saturated rings. The SMILES string of the molecule is CCCc1ccc(S(=O)(=O)Nc2ccc(Nc3ccnc(N4CCNCC4)n3)cc2)cc1. The van der Waals surface area contributed by atoms with E-state index in [2.05, 4.69) is 37.1 Å². The second-order valence-corrected chi connectivity index (χ2v) is 9.36. The summed E-state index contributed by atoms with van der Waals surface area (Å²) in [6, 6.07) is 15.9. The second kappa shape index (κ2) is 9.97. The fraction of sp³-hybridized carbons (Fsp3) is 0.304. The van der Waals surface area contributed by atoms with Gasteiger partial charge in [0.1, 0.15) is 5.82 Å². The van der Waals surface area contributed by atoms with Crippen molar-refractivity contribution in [1.29, 1.82) is 0 Å². The van der Waals surface area contributed by atoms with E-state index in [0.29, 0.717) is 17.5 Å². The van der Waals surface area contributed by atoms with Crippen molar-refractivity contribution in [2.75, 3.05) is 41.1 Å². The molecular weight excluding hydrogens is 424 g/mol. The zero-order valence-electron chi connectivity index (χ0n) is 18.1. The first kappa shape index (κ1) is 22.0. The third-order valence-corrected chi connectivity index (χ3v) is 6.62. The molecule has 1 aliphatic heterocycles. The Morgan fingerprint density at radius 2 is 1.66 bits per heavy atom. The highest BCUT2D eigenvalue weighted by Gasteiger charge is 2.15. The summed E-state index contributed by atoms with van der Waals surface area (Å²) in [6.07, 6.45) is 3.70. The number of piperazine rings is 1. The van der Waals surface area contributed by atoms with Crippen molar-refractivity contribution < 1.29 is 8.42 Å². The third kappa shape index (κ3) is 5.54. The molecule has 2 heterocycles. The number of hydrogen-bond donors (Lipinski definition) is 3. The average Bonchev–Trinajstić information content (AvgIpc) is 2.82. The number of anilines is 4. The van der Waals surface area contributed by atoms with Gasteiger partial charge in [-0.1, -0.05) is 25.5 Å². The van der Waals surface area contributed by atoms with E-state index in [4.69, 9.17) is 0 Å². The van der Waals surface area contributed by atoms with Gasteiger partial charge in [0.2, 0.25) is 5.95 Å². The number of aryl methyl sites for hydroxylation is 1. The van der Waals surface area contributed by atoms with Crippen LogP contribution >= 0.6 is 0 Å². The first-order valence-corrected chi connectivity index (χ1v) is 12.3. The molecule has 1 saturated heterocycles. The molecular formula is C23H28N6O2S. The van der Waals surface area contributed by atoms with E-state index in [1.54, 1.807) is 30.5 Å². The fourth-order valence-electron chi connectivity index (χ4n) is 3.54. The molecule has 9 heteroatoms.